The monoisotopic (exact) mass is 449 g/mol. The van der Waals surface area contributed by atoms with E-state index in [2.05, 4.69) is 10.3 Å². The number of ether oxygens (including phenoxy) is 1. The highest BCUT2D eigenvalue weighted by Crippen LogP contribution is 2.12. The number of fused-ring (bicyclic) bond motifs is 1. The molecular formula is C21H27N3O6S. The molecule has 9 nitrogen and oxygen atoms in total. The summed E-state index contributed by atoms with van der Waals surface area (Å²) in [5.41, 5.74) is 1.51. The third kappa shape index (κ3) is 6.13. The number of aromatic nitrogens is 2. The summed E-state index contributed by atoms with van der Waals surface area (Å²) < 4.78 is 29.5. The van der Waals surface area contributed by atoms with Gasteiger partial charge in [-0.3, -0.25) is 14.4 Å². The van der Waals surface area contributed by atoms with Gasteiger partial charge in [0.1, 0.15) is 5.69 Å². The van der Waals surface area contributed by atoms with E-state index in [0.717, 1.165) is 18.4 Å². The Labute approximate surface area is 180 Å². The van der Waals surface area contributed by atoms with E-state index < -0.39 is 34.4 Å². The maximum atomic E-state index is 12.8. The topological polar surface area (TPSA) is 124 Å². The number of sulfone groups is 1. The first kappa shape index (κ1) is 22.9. The molecule has 1 aliphatic heterocycles. The zero-order valence-electron chi connectivity index (χ0n) is 17.5. The van der Waals surface area contributed by atoms with Gasteiger partial charge in [0.2, 0.25) is 0 Å². The van der Waals surface area contributed by atoms with Crippen molar-refractivity contribution < 1.29 is 22.7 Å². The van der Waals surface area contributed by atoms with Gasteiger partial charge in [-0.2, -0.15) is 0 Å². The summed E-state index contributed by atoms with van der Waals surface area (Å²) in [6.45, 7) is 2.14. The van der Waals surface area contributed by atoms with Gasteiger partial charge in [-0.05, 0) is 25.0 Å². The van der Waals surface area contributed by atoms with E-state index in [4.69, 9.17) is 4.74 Å². The minimum atomic E-state index is -3.10. The molecule has 1 aromatic heterocycles. The molecule has 2 heterocycles. The van der Waals surface area contributed by atoms with Gasteiger partial charge in [0, 0.05) is 19.0 Å². The Morgan fingerprint density at radius 1 is 1.29 bits per heavy atom. The summed E-state index contributed by atoms with van der Waals surface area (Å²) in [5.74, 6) is -1.21. The molecule has 3 rings (SSSR count). The van der Waals surface area contributed by atoms with Crippen LogP contribution in [-0.4, -0.2) is 54.0 Å². The molecule has 1 fully saturated rings. The normalized spacial score (nSPS) is 17.5. The van der Waals surface area contributed by atoms with Crippen LogP contribution in [0.2, 0.25) is 0 Å². The molecule has 0 spiro atoms. The van der Waals surface area contributed by atoms with E-state index in [-0.39, 0.29) is 35.6 Å². The Balaban J connectivity index is 1.56. The van der Waals surface area contributed by atoms with E-state index in [9.17, 15) is 22.8 Å². The van der Waals surface area contributed by atoms with Crippen LogP contribution < -0.4 is 10.9 Å². The molecule has 1 unspecified atom stereocenters. The van der Waals surface area contributed by atoms with Crippen molar-refractivity contribution in [3.63, 3.8) is 0 Å². The van der Waals surface area contributed by atoms with Crippen molar-refractivity contribution in [2.24, 2.45) is 0 Å². The van der Waals surface area contributed by atoms with Crippen molar-refractivity contribution >= 4 is 32.7 Å². The fourth-order valence-electron chi connectivity index (χ4n) is 3.56. The molecule has 2 aromatic rings. The zero-order chi connectivity index (χ0) is 22.4. The second-order valence-corrected chi connectivity index (χ2v) is 9.91. The van der Waals surface area contributed by atoms with E-state index in [1.807, 2.05) is 31.2 Å². The summed E-state index contributed by atoms with van der Waals surface area (Å²) in [6.07, 6.45) is 2.18. The lowest BCUT2D eigenvalue weighted by molar-refractivity contribution is -0.148. The fraction of sp³-hybridized carbons (Fsp3) is 0.524. The van der Waals surface area contributed by atoms with Crippen molar-refractivity contribution in [2.45, 2.75) is 51.6 Å². The predicted molar refractivity (Wildman–Crippen MR) is 115 cm³/mol. The SMILES string of the molecule is CCCCn1c(=O)c(CCC(=O)OCC(=O)NC2CCS(=O)(=O)C2)nc2ccccc21. The number of esters is 1. The number of nitrogens with one attached hydrogen (secondary N) is 1. The van der Waals surface area contributed by atoms with Gasteiger partial charge in [-0.25, -0.2) is 13.4 Å². The summed E-state index contributed by atoms with van der Waals surface area (Å²) in [6, 6.07) is 6.93. The highest BCUT2D eigenvalue weighted by Gasteiger charge is 2.29. The lowest BCUT2D eigenvalue weighted by atomic mass is 10.2. The number of nitrogens with zero attached hydrogens (tertiary/aromatic N) is 2. The van der Waals surface area contributed by atoms with Crippen molar-refractivity contribution in [1.82, 2.24) is 14.9 Å². The van der Waals surface area contributed by atoms with Gasteiger partial charge in [0.25, 0.3) is 11.5 Å². The Morgan fingerprint density at radius 3 is 2.77 bits per heavy atom. The largest absolute Gasteiger partial charge is 0.456 e. The second kappa shape index (κ2) is 10.0. The van der Waals surface area contributed by atoms with Crippen molar-refractivity contribution in [2.75, 3.05) is 18.1 Å². The maximum absolute atomic E-state index is 12.8. The van der Waals surface area contributed by atoms with Crippen LogP contribution in [0.4, 0.5) is 0 Å². The number of unbranched alkanes of at least 4 members (excludes halogenated alkanes) is 1. The number of para-hydroxylation sites is 2. The van der Waals surface area contributed by atoms with Crippen LogP contribution in [0, 0.1) is 0 Å². The predicted octanol–water partition coefficient (Wildman–Crippen LogP) is 0.976. The molecular weight excluding hydrogens is 422 g/mol. The number of hydrogen-bond acceptors (Lipinski definition) is 7. The van der Waals surface area contributed by atoms with Crippen LogP contribution in [0.15, 0.2) is 29.1 Å². The van der Waals surface area contributed by atoms with Crippen LogP contribution in [-0.2, 0) is 37.1 Å². The van der Waals surface area contributed by atoms with E-state index in [1.165, 1.54) is 0 Å². The molecule has 31 heavy (non-hydrogen) atoms. The summed E-state index contributed by atoms with van der Waals surface area (Å²) in [5, 5.41) is 2.56. The lowest BCUT2D eigenvalue weighted by Crippen LogP contribution is -2.38. The minimum absolute atomic E-state index is 0.0479. The fourth-order valence-corrected chi connectivity index (χ4v) is 5.24. The maximum Gasteiger partial charge on any atom is 0.306 e. The Bertz CT molecular complexity index is 1130. The first-order valence-corrected chi connectivity index (χ1v) is 12.2. The molecule has 0 radical (unpaired) electrons. The van der Waals surface area contributed by atoms with Gasteiger partial charge < -0.3 is 14.6 Å². The van der Waals surface area contributed by atoms with Gasteiger partial charge >= 0.3 is 5.97 Å². The lowest BCUT2D eigenvalue weighted by Gasteiger charge is -2.12. The number of rotatable bonds is 9. The Morgan fingerprint density at radius 2 is 2.06 bits per heavy atom. The molecule has 1 aromatic carbocycles. The van der Waals surface area contributed by atoms with E-state index >= 15 is 0 Å². The third-order valence-electron chi connectivity index (χ3n) is 5.18. The van der Waals surface area contributed by atoms with Crippen LogP contribution in [0.3, 0.4) is 0 Å². The molecule has 1 atom stereocenters. The number of hydrogen-bond donors (Lipinski definition) is 1. The van der Waals surface area contributed by atoms with Gasteiger partial charge in [-0.1, -0.05) is 25.5 Å². The molecule has 168 valence electrons. The summed E-state index contributed by atoms with van der Waals surface area (Å²) in [4.78, 5) is 41.2. The molecule has 1 aliphatic rings. The smallest absolute Gasteiger partial charge is 0.306 e. The first-order chi connectivity index (χ1) is 14.8. The van der Waals surface area contributed by atoms with Crippen LogP contribution >= 0.6 is 0 Å². The van der Waals surface area contributed by atoms with Crippen LogP contribution in [0.25, 0.3) is 11.0 Å². The van der Waals surface area contributed by atoms with Gasteiger partial charge in [0.05, 0.1) is 29.0 Å². The molecule has 10 heteroatoms. The highest BCUT2D eigenvalue weighted by atomic mass is 32.2. The number of carbonyl (C=O) groups excluding carboxylic acids is 2. The average Bonchev–Trinajstić information content (AvgIpc) is 3.08. The van der Waals surface area contributed by atoms with Crippen molar-refractivity contribution in [1.29, 1.82) is 0 Å². The highest BCUT2D eigenvalue weighted by molar-refractivity contribution is 7.91. The Hall–Kier alpha value is -2.75. The van der Waals surface area contributed by atoms with Crippen LogP contribution in [0.5, 0.6) is 0 Å². The minimum Gasteiger partial charge on any atom is -0.456 e. The van der Waals surface area contributed by atoms with Crippen LogP contribution in [0.1, 0.15) is 38.3 Å². The molecule has 1 N–H and O–H groups in total. The first-order valence-electron chi connectivity index (χ1n) is 10.4. The van der Waals surface area contributed by atoms with Gasteiger partial charge in [-0.15, -0.1) is 0 Å². The number of carbonyl (C=O) groups is 2. The quantitative estimate of drug-likeness (QED) is 0.566. The second-order valence-electron chi connectivity index (χ2n) is 7.69. The number of benzene rings is 1. The molecule has 0 aliphatic carbocycles. The van der Waals surface area contributed by atoms with Crippen molar-refractivity contribution in [3.8, 4) is 0 Å². The standard InChI is InChI=1S/C21H27N3O6S/c1-2-3-11-24-18-7-5-4-6-16(18)23-17(21(24)27)8-9-20(26)30-13-19(25)22-15-10-12-31(28,29)14-15/h4-7,15H,2-3,8-14H2,1H3,(H,22,25). The molecule has 1 saturated heterocycles. The summed E-state index contributed by atoms with van der Waals surface area (Å²) >= 11 is 0. The van der Waals surface area contributed by atoms with E-state index in [0.29, 0.717) is 18.5 Å². The van der Waals surface area contributed by atoms with Crippen molar-refractivity contribution in [3.05, 3.63) is 40.3 Å². The Kier molecular flexibility index (Phi) is 7.42. The zero-order valence-corrected chi connectivity index (χ0v) is 18.3. The number of aryl methyl sites for hydroxylation is 2. The van der Waals surface area contributed by atoms with E-state index in [1.54, 1.807) is 4.57 Å². The molecule has 1 amide bonds. The average molecular weight is 450 g/mol. The molecule has 0 saturated carbocycles. The molecule has 0 bridgehead atoms. The summed E-state index contributed by atoms with van der Waals surface area (Å²) in [7, 11) is -3.10. The number of amides is 1. The van der Waals surface area contributed by atoms with Gasteiger partial charge in [0.15, 0.2) is 16.4 Å². The third-order valence-corrected chi connectivity index (χ3v) is 6.95.